The molecule has 0 bridgehead atoms. The summed E-state index contributed by atoms with van der Waals surface area (Å²) in [5.41, 5.74) is 7.26. The predicted octanol–water partition coefficient (Wildman–Crippen LogP) is 2.16. The second-order valence-corrected chi connectivity index (χ2v) is 4.05. The number of hydrogen-bond acceptors (Lipinski definition) is 5. The third-order valence-corrected chi connectivity index (χ3v) is 2.58. The maximum absolute atomic E-state index is 9.01. The van der Waals surface area contributed by atoms with Crippen molar-refractivity contribution < 1.29 is 0 Å². The Morgan fingerprint density at radius 1 is 1.00 bits per heavy atom. The van der Waals surface area contributed by atoms with Crippen LogP contribution in [0.4, 0.5) is 0 Å². The van der Waals surface area contributed by atoms with Crippen molar-refractivity contribution in [1.82, 2.24) is 0 Å². The van der Waals surface area contributed by atoms with Gasteiger partial charge in [-0.1, -0.05) is 36.4 Å². The second kappa shape index (κ2) is 6.12. The minimum atomic E-state index is -0.0480. The van der Waals surface area contributed by atoms with Crippen LogP contribution in [0, 0.1) is 22.7 Å². The highest BCUT2D eigenvalue weighted by atomic mass is 14.9. The van der Waals surface area contributed by atoms with E-state index in [0.717, 1.165) is 5.56 Å². The maximum Gasteiger partial charge on any atom is 0.178 e. The van der Waals surface area contributed by atoms with E-state index >= 15 is 0 Å². The van der Waals surface area contributed by atoms with Gasteiger partial charge in [0.1, 0.15) is 18.0 Å². The molecule has 1 aliphatic rings. The summed E-state index contributed by atoms with van der Waals surface area (Å²) in [7, 11) is 0. The largest absolute Gasteiger partial charge is 0.387 e. The van der Waals surface area contributed by atoms with Gasteiger partial charge >= 0.3 is 0 Å². The summed E-state index contributed by atoms with van der Waals surface area (Å²) in [5, 5.41) is 17.9. The van der Waals surface area contributed by atoms with Gasteiger partial charge < -0.3 is 5.73 Å². The first kappa shape index (κ1) is 13.3. The Balaban J connectivity index is 2.34. The lowest BCUT2D eigenvalue weighted by molar-refractivity contribution is 1.27. The number of hydrogen-bond donors (Lipinski definition) is 1. The number of rotatable bonds is 2. The van der Waals surface area contributed by atoms with Gasteiger partial charge in [-0.05, 0) is 11.6 Å². The van der Waals surface area contributed by atoms with Gasteiger partial charge in [0.2, 0.25) is 0 Å². The van der Waals surface area contributed by atoms with Crippen molar-refractivity contribution in [3.63, 3.8) is 0 Å². The van der Waals surface area contributed by atoms with E-state index in [1.54, 1.807) is 6.08 Å². The zero-order valence-corrected chi connectivity index (χ0v) is 10.6. The Morgan fingerprint density at radius 2 is 1.65 bits per heavy atom. The average Bonchev–Trinajstić information content (AvgIpc) is 2.64. The van der Waals surface area contributed by atoms with E-state index in [-0.39, 0.29) is 17.2 Å². The molecule has 1 aliphatic heterocycles. The molecule has 1 aromatic rings. The summed E-state index contributed by atoms with van der Waals surface area (Å²) < 4.78 is 0. The number of allylic oxidation sites excluding steroid dienone is 3. The molecule has 0 aliphatic carbocycles. The van der Waals surface area contributed by atoms with E-state index in [4.69, 9.17) is 16.3 Å². The molecular formula is C15H11N5. The van der Waals surface area contributed by atoms with E-state index in [1.807, 2.05) is 48.5 Å². The molecule has 0 unspecified atom stereocenters. The summed E-state index contributed by atoms with van der Waals surface area (Å²) in [4.78, 5) is 8.04. The lowest BCUT2D eigenvalue weighted by Gasteiger charge is -1.97. The van der Waals surface area contributed by atoms with E-state index in [1.165, 1.54) is 0 Å². The summed E-state index contributed by atoms with van der Waals surface area (Å²) in [6, 6.07) is 13.4. The first-order chi connectivity index (χ1) is 9.72. The molecule has 0 radical (unpaired) electrons. The van der Waals surface area contributed by atoms with Gasteiger partial charge in [-0.25, -0.2) is 9.98 Å². The number of benzene rings is 1. The van der Waals surface area contributed by atoms with Crippen molar-refractivity contribution in [1.29, 1.82) is 10.5 Å². The molecule has 20 heavy (non-hydrogen) atoms. The molecule has 1 aromatic carbocycles. The quantitative estimate of drug-likeness (QED) is 0.882. The summed E-state index contributed by atoms with van der Waals surface area (Å²) >= 11 is 0. The molecule has 0 spiro atoms. The Bertz CT molecular complexity index is 709. The molecule has 0 atom stereocenters. The molecule has 1 heterocycles. The Kier molecular flexibility index (Phi) is 4.06. The van der Waals surface area contributed by atoms with Crippen molar-refractivity contribution in [2.45, 2.75) is 6.42 Å². The molecule has 2 rings (SSSR count). The number of amidine groups is 1. The fourth-order valence-corrected chi connectivity index (χ4v) is 1.67. The molecule has 0 aromatic heterocycles. The minimum Gasteiger partial charge on any atom is -0.387 e. The van der Waals surface area contributed by atoms with Gasteiger partial charge in [0.15, 0.2) is 11.4 Å². The SMILES string of the molecule is N#CC1=C(C#N)N=C(C=Cc2ccccc2)CC(N)=N1. The van der Waals surface area contributed by atoms with Crippen LogP contribution in [0.25, 0.3) is 6.08 Å². The first-order valence-corrected chi connectivity index (χ1v) is 5.91. The van der Waals surface area contributed by atoms with Crippen LogP contribution in [0.5, 0.6) is 0 Å². The third kappa shape index (κ3) is 3.18. The topological polar surface area (TPSA) is 98.3 Å². The van der Waals surface area contributed by atoms with Crippen LogP contribution >= 0.6 is 0 Å². The molecule has 96 valence electrons. The molecule has 0 saturated carbocycles. The lowest BCUT2D eigenvalue weighted by Crippen LogP contribution is -2.15. The number of nitrogens with two attached hydrogens (primary N) is 1. The predicted molar refractivity (Wildman–Crippen MR) is 77.4 cm³/mol. The zero-order valence-electron chi connectivity index (χ0n) is 10.6. The lowest BCUT2D eigenvalue weighted by atomic mass is 10.1. The summed E-state index contributed by atoms with van der Waals surface area (Å²) in [6.45, 7) is 0. The van der Waals surface area contributed by atoms with Crippen LogP contribution in [-0.2, 0) is 0 Å². The highest BCUT2D eigenvalue weighted by Crippen LogP contribution is 2.13. The van der Waals surface area contributed by atoms with Crippen molar-refractivity contribution >= 4 is 17.6 Å². The molecule has 5 nitrogen and oxygen atoms in total. The smallest absolute Gasteiger partial charge is 0.178 e. The normalized spacial score (nSPS) is 15.1. The monoisotopic (exact) mass is 261 g/mol. The standard InChI is InChI=1S/C15H11N5/c16-9-13-14(10-17)20-15(18)8-12(19-13)7-6-11-4-2-1-3-5-11/h1-7H,8H2,(H2,18,20). The minimum absolute atomic E-state index is 0.0133. The fraction of sp³-hybridized carbons (Fsp3) is 0.0667. The molecule has 0 amide bonds. The van der Waals surface area contributed by atoms with Gasteiger partial charge in [-0.2, -0.15) is 10.5 Å². The summed E-state index contributed by atoms with van der Waals surface area (Å²) in [6.07, 6.45) is 3.95. The van der Waals surface area contributed by atoms with Crippen LogP contribution < -0.4 is 5.73 Å². The number of nitriles is 2. The van der Waals surface area contributed by atoms with E-state index in [2.05, 4.69) is 9.98 Å². The zero-order chi connectivity index (χ0) is 14.4. The Morgan fingerprint density at radius 3 is 2.30 bits per heavy atom. The second-order valence-electron chi connectivity index (χ2n) is 4.05. The highest BCUT2D eigenvalue weighted by Gasteiger charge is 2.12. The van der Waals surface area contributed by atoms with Gasteiger partial charge in [0.05, 0.1) is 0 Å². The van der Waals surface area contributed by atoms with Gasteiger partial charge in [0, 0.05) is 12.1 Å². The molecular weight excluding hydrogens is 250 g/mol. The van der Waals surface area contributed by atoms with Gasteiger partial charge in [0.25, 0.3) is 0 Å². The van der Waals surface area contributed by atoms with E-state index < -0.39 is 0 Å². The fourth-order valence-electron chi connectivity index (χ4n) is 1.67. The molecule has 5 heteroatoms. The first-order valence-electron chi connectivity index (χ1n) is 5.91. The van der Waals surface area contributed by atoms with Crippen molar-refractivity contribution in [2.75, 3.05) is 0 Å². The van der Waals surface area contributed by atoms with Crippen molar-refractivity contribution in [2.24, 2.45) is 15.7 Å². The van der Waals surface area contributed by atoms with Crippen molar-refractivity contribution in [3.05, 3.63) is 53.4 Å². The Hall–Kier alpha value is -3.18. The van der Waals surface area contributed by atoms with Crippen LogP contribution in [0.2, 0.25) is 0 Å². The van der Waals surface area contributed by atoms with Crippen LogP contribution in [0.3, 0.4) is 0 Å². The Labute approximate surface area is 116 Å². The average molecular weight is 261 g/mol. The third-order valence-electron chi connectivity index (χ3n) is 2.58. The number of aliphatic imine (C=N–C) groups is 2. The van der Waals surface area contributed by atoms with Crippen LogP contribution in [0.1, 0.15) is 12.0 Å². The molecule has 0 saturated heterocycles. The van der Waals surface area contributed by atoms with Crippen LogP contribution in [-0.4, -0.2) is 11.5 Å². The van der Waals surface area contributed by atoms with E-state index in [9.17, 15) is 0 Å². The van der Waals surface area contributed by atoms with Gasteiger partial charge in [-0.15, -0.1) is 0 Å². The molecule has 2 N–H and O–H groups in total. The van der Waals surface area contributed by atoms with Gasteiger partial charge in [-0.3, -0.25) is 0 Å². The highest BCUT2D eigenvalue weighted by molar-refractivity contribution is 6.11. The van der Waals surface area contributed by atoms with Crippen LogP contribution in [0.15, 0.2) is 57.8 Å². The maximum atomic E-state index is 9.01. The van der Waals surface area contributed by atoms with E-state index in [0.29, 0.717) is 12.1 Å². The number of nitrogens with zero attached hydrogens (tertiary/aromatic N) is 4. The molecule has 0 fully saturated rings. The van der Waals surface area contributed by atoms with Crippen molar-refractivity contribution in [3.8, 4) is 12.1 Å². The summed E-state index contributed by atoms with van der Waals surface area (Å²) in [5.74, 6) is 0.267.